The summed E-state index contributed by atoms with van der Waals surface area (Å²) >= 11 is 0. The van der Waals surface area contributed by atoms with Gasteiger partial charge in [0.25, 0.3) is 0 Å². The van der Waals surface area contributed by atoms with E-state index in [1.807, 2.05) is 20.8 Å². The summed E-state index contributed by atoms with van der Waals surface area (Å²) in [6, 6.07) is 6.34. The van der Waals surface area contributed by atoms with Crippen molar-refractivity contribution in [3.05, 3.63) is 52.1 Å². The number of phenols is 2. The van der Waals surface area contributed by atoms with E-state index in [4.69, 9.17) is 9.47 Å². The van der Waals surface area contributed by atoms with Gasteiger partial charge in [-0.15, -0.1) is 0 Å². The second-order valence-corrected chi connectivity index (χ2v) is 9.61. The number of hydrogen-bond acceptors (Lipinski definition) is 9. The van der Waals surface area contributed by atoms with Crippen molar-refractivity contribution in [1.82, 2.24) is 0 Å². The maximum atomic E-state index is 13.6. The fraction of sp³-hybridized carbons (Fsp3) is 0.452. The van der Waals surface area contributed by atoms with Gasteiger partial charge in [-0.25, -0.2) is 4.79 Å². The number of unbranched alkanes of at least 4 members (excludes halogenated alkanes) is 3. The molecule has 2 aromatic carbocycles. The molecule has 0 amide bonds. The minimum atomic E-state index is -1.10. The molecule has 9 nitrogen and oxygen atoms in total. The Morgan fingerprint density at radius 3 is 1.75 bits per heavy atom. The van der Waals surface area contributed by atoms with Crippen LogP contribution in [0.3, 0.4) is 0 Å². The number of ether oxygens (including phenoxy) is 2. The minimum Gasteiger partial charge on any atom is -0.504 e. The average molecular weight is 555 g/mol. The van der Waals surface area contributed by atoms with E-state index >= 15 is 0 Å². The molecule has 40 heavy (non-hydrogen) atoms. The summed E-state index contributed by atoms with van der Waals surface area (Å²) in [5, 5.41) is 21.8. The lowest BCUT2D eigenvalue weighted by atomic mass is 9.90. The number of benzene rings is 2. The quantitative estimate of drug-likeness (QED) is 0.103. The number of carbonyl (C=O) groups excluding carboxylic acids is 5. The van der Waals surface area contributed by atoms with Crippen LogP contribution in [0.1, 0.15) is 132 Å². The number of rotatable bonds is 16. The smallest absolute Gasteiger partial charge is 0.340 e. The molecular weight excluding hydrogens is 516 g/mol. The van der Waals surface area contributed by atoms with Gasteiger partial charge >= 0.3 is 11.9 Å². The fourth-order valence-corrected chi connectivity index (χ4v) is 4.01. The summed E-state index contributed by atoms with van der Waals surface area (Å²) in [6.45, 7) is 6.74. The van der Waals surface area contributed by atoms with Crippen molar-refractivity contribution >= 4 is 29.3 Å². The van der Waals surface area contributed by atoms with Gasteiger partial charge in [0.1, 0.15) is 6.61 Å². The van der Waals surface area contributed by atoms with Crippen molar-refractivity contribution < 1.29 is 43.7 Å². The Hall–Kier alpha value is -4.01. The molecule has 216 valence electrons. The molecule has 0 aromatic heterocycles. The maximum absolute atomic E-state index is 13.6. The van der Waals surface area contributed by atoms with Crippen LogP contribution in [-0.4, -0.2) is 39.5 Å². The summed E-state index contributed by atoms with van der Waals surface area (Å²) in [5.74, 6) is -5.88. The van der Waals surface area contributed by atoms with Crippen LogP contribution in [0.15, 0.2) is 24.3 Å². The van der Waals surface area contributed by atoms with Crippen LogP contribution in [0.5, 0.6) is 17.2 Å². The third-order valence-corrected chi connectivity index (χ3v) is 6.36. The Morgan fingerprint density at radius 1 is 0.700 bits per heavy atom. The highest BCUT2D eigenvalue weighted by molar-refractivity contribution is 6.17. The molecule has 0 bridgehead atoms. The summed E-state index contributed by atoms with van der Waals surface area (Å²) in [5.41, 5.74) is -0.552. The van der Waals surface area contributed by atoms with Gasteiger partial charge in [-0.05, 0) is 31.7 Å². The third-order valence-electron chi connectivity index (χ3n) is 6.36. The van der Waals surface area contributed by atoms with E-state index in [1.54, 1.807) is 24.3 Å². The molecule has 2 N–H and O–H groups in total. The lowest BCUT2D eigenvalue weighted by molar-refractivity contribution is -0.134. The molecule has 0 aliphatic heterocycles. The first kappa shape index (κ1) is 32.2. The van der Waals surface area contributed by atoms with Gasteiger partial charge in [-0.1, -0.05) is 64.3 Å². The Morgan fingerprint density at radius 2 is 1.23 bits per heavy atom. The topological polar surface area (TPSA) is 144 Å². The van der Waals surface area contributed by atoms with E-state index in [0.717, 1.165) is 0 Å². The van der Waals surface area contributed by atoms with Crippen LogP contribution in [-0.2, 0) is 16.1 Å². The second kappa shape index (κ2) is 15.5. The Labute approximate surface area is 234 Å². The van der Waals surface area contributed by atoms with Gasteiger partial charge < -0.3 is 19.7 Å². The lowest BCUT2D eigenvalue weighted by Crippen LogP contribution is -2.21. The van der Waals surface area contributed by atoms with Crippen molar-refractivity contribution in [3.63, 3.8) is 0 Å². The molecule has 0 unspecified atom stereocenters. The molecule has 2 rings (SSSR count). The zero-order chi connectivity index (χ0) is 29.8. The van der Waals surface area contributed by atoms with E-state index < -0.39 is 57.4 Å². The first-order chi connectivity index (χ1) is 19.1. The Bertz CT molecular complexity index is 1240. The zero-order valence-corrected chi connectivity index (χ0v) is 23.6. The van der Waals surface area contributed by atoms with Crippen molar-refractivity contribution in [1.29, 1.82) is 0 Å². The number of hydrogen-bond donors (Lipinski definition) is 2. The monoisotopic (exact) mass is 554 g/mol. The predicted octanol–water partition coefficient (Wildman–Crippen LogP) is 6.50. The van der Waals surface area contributed by atoms with E-state index in [9.17, 15) is 34.2 Å². The average Bonchev–Trinajstić information content (AvgIpc) is 2.94. The first-order valence-electron chi connectivity index (χ1n) is 13.7. The fourth-order valence-electron chi connectivity index (χ4n) is 4.01. The number of phenolic OH excluding ortho intramolecular Hbond substituents is 2. The molecule has 0 aliphatic rings. The standard InChI is InChI=1S/C31H38O9/c1-5-8-11-22(33)25-27(31(38)39-18-20-14-16-21(17-15-20)19(4)32)26(23(34)12-9-6-2)30(29(37)28(25)36)40-24(35)13-10-7-3/h14-17,36-37H,5-13,18H2,1-4H3. The van der Waals surface area contributed by atoms with Gasteiger partial charge in [0.05, 0.1) is 16.7 Å². The number of carbonyl (C=O) groups is 5. The predicted molar refractivity (Wildman–Crippen MR) is 148 cm³/mol. The van der Waals surface area contributed by atoms with E-state index in [2.05, 4.69) is 0 Å². The summed E-state index contributed by atoms with van der Waals surface area (Å²) in [7, 11) is 0. The largest absolute Gasteiger partial charge is 0.504 e. The summed E-state index contributed by atoms with van der Waals surface area (Å²) < 4.78 is 10.8. The van der Waals surface area contributed by atoms with Gasteiger partial charge in [-0.3, -0.25) is 19.2 Å². The molecule has 9 heteroatoms. The highest BCUT2D eigenvalue weighted by atomic mass is 16.5. The SMILES string of the molecule is CCCCC(=O)Oc1c(O)c(O)c(C(=O)CCCC)c(C(=O)OCc2ccc(C(C)=O)cc2)c1C(=O)CCCC. The van der Waals surface area contributed by atoms with Crippen LogP contribution in [0, 0.1) is 0 Å². The van der Waals surface area contributed by atoms with Crippen LogP contribution in [0.25, 0.3) is 0 Å². The van der Waals surface area contributed by atoms with Crippen molar-refractivity contribution in [2.45, 2.75) is 92.1 Å². The zero-order valence-electron chi connectivity index (χ0n) is 23.6. The van der Waals surface area contributed by atoms with E-state index in [1.165, 1.54) is 6.92 Å². The molecule has 0 heterocycles. The molecule has 0 saturated heterocycles. The number of aromatic hydroxyl groups is 2. The van der Waals surface area contributed by atoms with Crippen LogP contribution >= 0.6 is 0 Å². The minimum absolute atomic E-state index is 0.0213. The third kappa shape index (κ3) is 8.24. The molecule has 0 fully saturated rings. The first-order valence-corrected chi connectivity index (χ1v) is 13.7. The van der Waals surface area contributed by atoms with Crippen LogP contribution in [0.2, 0.25) is 0 Å². The summed E-state index contributed by atoms with van der Waals surface area (Å²) in [6.07, 6.45) is 3.17. The lowest BCUT2D eigenvalue weighted by Gasteiger charge is -2.20. The van der Waals surface area contributed by atoms with E-state index in [0.29, 0.717) is 49.7 Å². The number of esters is 2. The van der Waals surface area contributed by atoms with Crippen molar-refractivity contribution in [2.24, 2.45) is 0 Å². The normalized spacial score (nSPS) is 10.7. The maximum Gasteiger partial charge on any atom is 0.340 e. The van der Waals surface area contributed by atoms with Crippen LogP contribution < -0.4 is 4.74 Å². The molecule has 0 spiro atoms. The van der Waals surface area contributed by atoms with Gasteiger partial charge in [-0.2, -0.15) is 0 Å². The Kier molecular flexibility index (Phi) is 12.5. The van der Waals surface area contributed by atoms with Crippen molar-refractivity contribution in [3.8, 4) is 17.2 Å². The Balaban J connectivity index is 2.69. The van der Waals surface area contributed by atoms with Gasteiger partial charge in [0.15, 0.2) is 28.8 Å². The van der Waals surface area contributed by atoms with E-state index in [-0.39, 0.29) is 31.7 Å². The molecule has 2 aromatic rings. The van der Waals surface area contributed by atoms with Gasteiger partial charge in [0, 0.05) is 24.8 Å². The van der Waals surface area contributed by atoms with Gasteiger partial charge in [0.2, 0.25) is 5.75 Å². The highest BCUT2D eigenvalue weighted by Crippen LogP contribution is 2.46. The molecule has 0 atom stereocenters. The molecular formula is C31H38O9. The summed E-state index contributed by atoms with van der Waals surface area (Å²) in [4.78, 5) is 64.3. The second-order valence-electron chi connectivity index (χ2n) is 9.61. The van der Waals surface area contributed by atoms with Crippen molar-refractivity contribution in [2.75, 3.05) is 0 Å². The number of Topliss-reactive ketones (excluding diaryl/α,β-unsaturated/α-hetero) is 3. The molecule has 0 aliphatic carbocycles. The molecule has 0 saturated carbocycles. The van der Waals surface area contributed by atoms with Crippen LogP contribution in [0.4, 0.5) is 0 Å². The highest BCUT2D eigenvalue weighted by Gasteiger charge is 2.36. The number of ketones is 3. The molecule has 0 radical (unpaired) electrons.